The maximum Gasteiger partial charge on any atom is 0.220 e. The van der Waals surface area contributed by atoms with Gasteiger partial charge in [-0.1, -0.05) is 286 Å². The van der Waals surface area contributed by atoms with Crippen LogP contribution in [0.15, 0.2) is 60.8 Å². The fourth-order valence-electron chi connectivity index (χ4n) is 13.3. The van der Waals surface area contributed by atoms with Crippen molar-refractivity contribution in [3.8, 4) is 0 Å². The molecule has 17 atom stereocenters. The highest BCUT2D eigenvalue weighted by Crippen LogP contribution is 2.33. The lowest BCUT2D eigenvalue weighted by Gasteiger charge is -2.48. The summed E-state index contributed by atoms with van der Waals surface area (Å²) < 4.78 is 34.4. The van der Waals surface area contributed by atoms with Gasteiger partial charge in [-0.15, -0.1) is 0 Å². The smallest absolute Gasteiger partial charge is 0.220 e. The first kappa shape index (κ1) is 90.7. The van der Waals surface area contributed by atoms with Crippen LogP contribution >= 0.6 is 0 Å². The molecule has 0 aromatic heterocycles. The molecule has 3 fully saturated rings. The molecule has 0 spiro atoms. The lowest BCUT2D eigenvalue weighted by molar-refractivity contribution is -0.379. The van der Waals surface area contributed by atoms with Crippen molar-refractivity contribution in [1.82, 2.24) is 5.32 Å². The number of carbonyl (C=O) groups excluding carboxylic acids is 1. The van der Waals surface area contributed by atoms with E-state index in [9.17, 15) is 61.0 Å². The zero-order valence-electron chi connectivity index (χ0n) is 61.7. The van der Waals surface area contributed by atoms with Crippen LogP contribution in [0.2, 0.25) is 0 Å². The Hall–Kier alpha value is -2.51. The maximum atomic E-state index is 13.5. The first-order valence-electron chi connectivity index (χ1n) is 40.0. The molecule has 0 aromatic carbocycles. The maximum absolute atomic E-state index is 13.5. The summed E-state index contributed by atoms with van der Waals surface area (Å²) in [5, 5.41) is 121. The number of aliphatic hydroxyl groups is 11. The van der Waals surface area contributed by atoms with Gasteiger partial charge in [0.15, 0.2) is 18.9 Å². The molecule has 17 unspecified atom stereocenters. The molecular weight excluding hydrogens is 1260 g/mol. The van der Waals surface area contributed by atoms with E-state index < -0.39 is 124 Å². The van der Waals surface area contributed by atoms with E-state index >= 15 is 0 Å². The number of hydrogen-bond donors (Lipinski definition) is 12. The van der Waals surface area contributed by atoms with Crippen LogP contribution in [0.1, 0.15) is 309 Å². The predicted octanol–water partition coefficient (Wildman–Crippen LogP) is 13.1. The average molecular weight is 1410 g/mol. The molecule has 0 bridgehead atoms. The van der Waals surface area contributed by atoms with Crippen LogP contribution in [0.5, 0.6) is 0 Å². The summed E-state index contributed by atoms with van der Waals surface area (Å²) >= 11 is 0. The van der Waals surface area contributed by atoms with Crippen LogP contribution in [0.3, 0.4) is 0 Å². The van der Waals surface area contributed by atoms with Crippen LogP contribution in [-0.4, -0.2) is 193 Å². The zero-order chi connectivity index (χ0) is 71.8. The molecule has 578 valence electrons. The summed E-state index contributed by atoms with van der Waals surface area (Å²) in [6, 6.07) is -0.999. The summed E-state index contributed by atoms with van der Waals surface area (Å²) in [7, 11) is 0. The summed E-state index contributed by atoms with van der Waals surface area (Å²) in [4.78, 5) is 13.5. The number of carbonyl (C=O) groups is 1. The molecule has 3 aliphatic heterocycles. The molecule has 19 nitrogen and oxygen atoms in total. The van der Waals surface area contributed by atoms with Crippen LogP contribution < -0.4 is 5.32 Å². The van der Waals surface area contributed by atoms with Gasteiger partial charge in [0.05, 0.1) is 38.6 Å². The van der Waals surface area contributed by atoms with Crippen molar-refractivity contribution in [3.63, 3.8) is 0 Å². The van der Waals surface area contributed by atoms with Crippen LogP contribution in [0.25, 0.3) is 0 Å². The van der Waals surface area contributed by atoms with E-state index in [1.165, 1.54) is 225 Å². The number of nitrogens with one attached hydrogen (secondary N) is 1. The highest BCUT2D eigenvalue weighted by molar-refractivity contribution is 5.76. The third-order valence-electron chi connectivity index (χ3n) is 19.8. The van der Waals surface area contributed by atoms with Crippen molar-refractivity contribution in [3.05, 3.63) is 60.8 Å². The summed E-state index contributed by atoms with van der Waals surface area (Å²) in [6.07, 6.45) is 50.7. The second-order valence-corrected chi connectivity index (χ2v) is 28.5. The Morgan fingerprint density at radius 3 is 1.07 bits per heavy atom. The van der Waals surface area contributed by atoms with Gasteiger partial charge in [0.2, 0.25) is 5.91 Å². The van der Waals surface area contributed by atoms with Gasteiger partial charge in [0, 0.05) is 6.42 Å². The molecule has 0 radical (unpaired) electrons. The summed E-state index contributed by atoms with van der Waals surface area (Å²) in [5.74, 6) is -0.286. The Morgan fingerprint density at radius 2 is 0.677 bits per heavy atom. The standard InChI is InChI=1S/C80H145NO18/c1-3-5-7-9-11-13-15-17-19-21-23-25-27-29-30-31-32-34-36-38-40-42-44-46-48-50-52-54-56-58-68(86)81-63(64(85)57-55-53-51-49-47-45-43-41-39-37-35-33-28-26-24-22-20-18-16-14-12-10-8-6-4-2)62-94-78-74(92)71(89)76(66(60-83)96-78)99-80-75(93)72(90)77(67(61-84)97-80)98-79-73(91)70(88)69(87)65(59-82)95-79/h15,17,21,23,39,41,47,49,55,57,63-67,69-80,82-85,87-93H,3-14,16,18-20,22,24-38,40,42-46,48,50-54,56,58-62H2,1-2H3,(H,81,86)/b17-15-,23-21-,41-39+,49-47+,57-55+. The van der Waals surface area contributed by atoms with Gasteiger partial charge in [0.25, 0.3) is 0 Å². The highest BCUT2D eigenvalue weighted by Gasteiger charge is 2.54. The topological polar surface area (TPSA) is 307 Å². The average Bonchev–Trinajstić information content (AvgIpc) is 0.785. The monoisotopic (exact) mass is 1410 g/mol. The third-order valence-corrected chi connectivity index (χ3v) is 19.8. The number of aliphatic hydroxyl groups excluding tert-OH is 11. The Balaban J connectivity index is 1.40. The zero-order valence-corrected chi connectivity index (χ0v) is 61.7. The molecule has 99 heavy (non-hydrogen) atoms. The number of ether oxygens (including phenoxy) is 6. The molecule has 3 aliphatic rings. The van der Waals surface area contributed by atoms with Crippen molar-refractivity contribution in [2.24, 2.45) is 0 Å². The fourth-order valence-corrected chi connectivity index (χ4v) is 13.3. The van der Waals surface area contributed by atoms with E-state index in [1.54, 1.807) is 6.08 Å². The Kier molecular flexibility index (Phi) is 55.6. The molecule has 0 aliphatic carbocycles. The van der Waals surface area contributed by atoms with Crippen molar-refractivity contribution in [2.45, 2.75) is 413 Å². The number of hydrogen-bond acceptors (Lipinski definition) is 18. The Morgan fingerprint density at radius 1 is 0.364 bits per heavy atom. The van der Waals surface area contributed by atoms with Crippen LogP contribution in [0.4, 0.5) is 0 Å². The largest absolute Gasteiger partial charge is 0.394 e. The molecule has 3 rings (SSSR count). The van der Waals surface area contributed by atoms with Crippen molar-refractivity contribution in [2.75, 3.05) is 26.4 Å². The quantitative estimate of drug-likeness (QED) is 0.0199. The second-order valence-electron chi connectivity index (χ2n) is 28.5. The molecule has 3 heterocycles. The lowest BCUT2D eigenvalue weighted by Crippen LogP contribution is -2.66. The van der Waals surface area contributed by atoms with Crippen molar-refractivity contribution >= 4 is 5.91 Å². The SMILES string of the molecule is CCCCCCC/C=C\C/C=C\CCCCCCCCCCCCCCCCCCCC(=O)NC(COC1OC(CO)C(OC2OC(CO)C(OC3OC(CO)C(O)C(O)C3O)C(O)C2O)C(O)C1O)C(O)/C=C/CC/C=C/CC/C=C/CCCCCCCCCCCCCCCCC. The molecule has 3 saturated heterocycles. The molecule has 12 N–H and O–H groups in total. The van der Waals surface area contributed by atoms with E-state index in [4.69, 9.17) is 28.4 Å². The van der Waals surface area contributed by atoms with Crippen LogP contribution in [-0.2, 0) is 33.2 Å². The third kappa shape index (κ3) is 41.1. The van der Waals surface area contributed by atoms with Crippen molar-refractivity contribution < 1.29 is 89.4 Å². The number of rotatable bonds is 63. The van der Waals surface area contributed by atoms with Crippen LogP contribution in [0, 0.1) is 0 Å². The molecule has 0 saturated carbocycles. The Labute approximate surface area is 598 Å². The van der Waals surface area contributed by atoms with E-state index in [0.717, 1.165) is 51.4 Å². The van der Waals surface area contributed by atoms with Gasteiger partial charge < -0.3 is 89.9 Å². The molecule has 1 amide bonds. The Bertz CT molecular complexity index is 2020. The van der Waals surface area contributed by atoms with E-state index in [2.05, 4.69) is 67.8 Å². The first-order valence-corrected chi connectivity index (χ1v) is 40.0. The number of amides is 1. The lowest BCUT2D eigenvalue weighted by atomic mass is 9.96. The first-order chi connectivity index (χ1) is 48.3. The predicted molar refractivity (Wildman–Crippen MR) is 392 cm³/mol. The fraction of sp³-hybridized carbons (Fsp3) is 0.863. The molecule has 0 aromatic rings. The van der Waals surface area contributed by atoms with Gasteiger partial charge in [-0.05, 0) is 77.0 Å². The van der Waals surface area contributed by atoms with E-state index in [1.807, 2.05) is 6.08 Å². The van der Waals surface area contributed by atoms with Crippen molar-refractivity contribution in [1.29, 1.82) is 0 Å². The summed E-state index contributed by atoms with van der Waals surface area (Å²) in [5.41, 5.74) is 0. The number of allylic oxidation sites excluding steroid dienone is 9. The highest BCUT2D eigenvalue weighted by atomic mass is 16.8. The van der Waals surface area contributed by atoms with E-state index in [-0.39, 0.29) is 18.9 Å². The van der Waals surface area contributed by atoms with Gasteiger partial charge in [-0.3, -0.25) is 4.79 Å². The minimum Gasteiger partial charge on any atom is -0.394 e. The number of unbranched alkanes of at least 4 members (excludes halogenated alkanes) is 39. The molecular formula is C80H145NO18. The minimum atomic E-state index is -1.98. The van der Waals surface area contributed by atoms with Gasteiger partial charge in [-0.25, -0.2) is 0 Å². The summed E-state index contributed by atoms with van der Waals surface area (Å²) in [6.45, 7) is 1.74. The molecule has 19 heteroatoms. The minimum absolute atomic E-state index is 0.232. The van der Waals surface area contributed by atoms with Gasteiger partial charge in [0.1, 0.15) is 73.2 Å². The van der Waals surface area contributed by atoms with Gasteiger partial charge in [-0.2, -0.15) is 0 Å². The van der Waals surface area contributed by atoms with Gasteiger partial charge >= 0.3 is 0 Å². The van der Waals surface area contributed by atoms with E-state index in [0.29, 0.717) is 12.8 Å². The normalized spacial score (nSPS) is 26.9. The second kappa shape index (κ2) is 60.7.